The van der Waals surface area contributed by atoms with Crippen molar-refractivity contribution in [3.8, 4) is 0 Å². The second-order valence-corrected chi connectivity index (χ2v) is 6.15. The van der Waals surface area contributed by atoms with Gasteiger partial charge in [0.2, 0.25) is 0 Å². The van der Waals surface area contributed by atoms with Gasteiger partial charge in [0, 0.05) is 18.6 Å². The molecule has 108 valence electrons. The number of hydrogen-bond acceptors (Lipinski definition) is 2. The zero-order valence-electron chi connectivity index (χ0n) is 13.0. The van der Waals surface area contributed by atoms with Crippen molar-refractivity contribution >= 4 is 0 Å². The standard InChI is InChI=1S/C16H34N2/c1-5-12-17-16(6-2)14(3)18(4)13-15-10-8-7-9-11-15/h14-17H,5-13H2,1-4H3. The van der Waals surface area contributed by atoms with E-state index in [-0.39, 0.29) is 0 Å². The van der Waals surface area contributed by atoms with Crippen LogP contribution in [0.25, 0.3) is 0 Å². The molecule has 2 atom stereocenters. The largest absolute Gasteiger partial charge is 0.312 e. The minimum atomic E-state index is 0.651. The number of nitrogens with zero attached hydrogens (tertiary/aromatic N) is 1. The van der Waals surface area contributed by atoms with Crippen LogP contribution in [0.2, 0.25) is 0 Å². The van der Waals surface area contributed by atoms with Gasteiger partial charge in [-0.15, -0.1) is 0 Å². The van der Waals surface area contributed by atoms with Gasteiger partial charge in [-0.3, -0.25) is 0 Å². The molecule has 0 amide bonds. The molecule has 18 heavy (non-hydrogen) atoms. The second-order valence-electron chi connectivity index (χ2n) is 6.15. The highest BCUT2D eigenvalue weighted by molar-refractivity contribution is 4.80. The molecule has 0 bridgehead atoms. The third-order valence-electron chi connectivity index (χ3n) is 4.64. The molecule has 0 aromatic carbocycles. The zero-order valence-corrected chi connectivity index (χ0v) is 13.0. The predicted octanol–water partition coefficient (Wildman–Crippen LogP) is 3.67. The van der Waals surface area contributed by atoms with Gasteiger partial charge < -0.3 is 10.2 Å². The molecule has 1 aliphatic rings. The van der Waals surface area contributed by atoms with Crippen LogP contribution in [-0.4, -0.2) is 37.1 Å². The molecule has 1 fully saturated rings. The summed E-state index contributed by atoms with van der Waals surface area (Å²) in [5, 5.41) is 3.70. The zero-order chi connectivity index (χ0) is 13.4. The van der Waals surface area contributed by atoms with Gasteiger partial charge in [-0.25, -0.2) is 0 Å². The van der Waals surface area contributed by atoms with E-state index in [1.54, 1.807) is 0 Å². The lowest BCUT2D eigenvalue weighted by atomic mass is 9.88. The highest BCUT2D eigenvalue weighted by Crippen LogP contribution is 2.24. The Labute approximate surface area is 115 Å². The minimum Gasteiger partial charge on any atom is -0.312 e. The average molecular weight is 254 g/mol. The topological polar surface area (TPSA) is 15.3 Å². The lowest BCUT2D eigenvalue weighted by Gasteiger charge is -2.35. The van der Waals surface area contributed by atoms with E-state index in [9.17, 15) is 0 Å². The van der Waals surface area contributed by atoms with Crippen LogP contribution in [0.3, 0.4) is 0 Å². The summed E-state index contributed by atoms with van der Waals surface area (Å²) in [6.45, 7) is 9.39. The van der Waals surface area contributed by atoms with Gasteiger partial charge in [-0.2, -0.15) is 0 Å². The van der Waals surface area contributed by atoms with Gasteiger partial charge in [0.25, 0.3) is 0 Å². The summed E-state index contributed by atoms with van der Waals surface area (Å²) in [4.78, 5) is 2.59. The highest BCUT2D eigenvalue weighted by atomic mass is 15.2. The average Bonchev–Trinajstić information content (AvgIpc) is 2.40. The van der Waals surface area contributed by atoms with Crippen molar-refractivity contribution in [2.75, 3.05) is 20.1 Å². The van der Waals surface area contributed by atoms with Crippen molar-refractivity contribution in [2.45, 2.75) is 77.8 Å². The Kier molecular flexibility index (Phi) is 7.92. The van der Waals surface area contributed by atoms with Crippen molar-refractivity contribution in [3.05, 3.63) is 0 Å². The Balaban J connectivity index is 2.34. The number of rotatable bonds is 8. The van der Waals surface area contributed by atoms with E-state index in [4.69, 9.17) is 0 Å². The first-order valence-electron chi connectivity index (χ1n) is 8.12. The first kappa shape index (κ1) is 16.0. The Hall–Kier alpha value is -0.0800. The Morgan fingerprint density at radius 2 is 1.83 bits per heavy atom. The maximum atomic E-state index is 3.70. The van der Waals surface area contributed by atoms with Crippen LogP contribution in [0.5, 0.6) is 0 Å². The van der Waals surface area contributed by atoms with Crippen molar-refractivity contribution < 1.29 is 0 Å². The van der Waals surface area contributed by atoms with Crippen LogP contribution in [-0.2, 0) is 0 Å². The fraction of sp³-hybridized carbons (Fsp3) is 1.00. The Morgan fingerprint density at radius 3 is 2.39 bits per heavy atom. The first-order valence-corrected chi connectivity index (χ1v) is 8.12. The lowest BCUT2D eigenvalue weighted by Crippen LogP contribution is -2.48. The van der Waals surface area contributed by atoms with Crippen molar-refractivity contribution in [3.63, 3.8) is 0 Å². The molecular formula is C16H34N2. The molecule has 1 N–H and O–H groups in total. The number of likely N-dealkylation sites (N-methyl/N-ethyl adjacent to an activating group) is 1. The van der Waals surface area contributed by atoms with Crippen molar-refractivity contribution in [1.29, 1.82) is 0 Å². The fourth-order valence-electron chi connectivity index (χ4n) is 3.24. The van der Waals surface area contributed by atoms with Crippen molar-refractivity contribution in [1.82, 2.24) is 10.2 Å². The van der Waals surface area contributed by atoms with E-state index in [0.717, 1.165) is 12.5 Å². The third-order valence-corrected chi connectivity index (χ3v) is 4.64. The molecule has 1 rings (SSSR count). The normalized spacial score (nSPS) is 21.2. The summed E-state index contributed by atoms with van der Waals surface area (Å²) >= 11 is 0. The molecule has 0 radical (unpaired) electrons. The van der Waals surface area contributed by atoms with Gasteiger partial charge in [-0.1, -0.05) is 33.1 Å². The van der Waals surface area contributed by atoms with Gasteiger partial charge in [0.05, 0.1) is 0 Å². The molecule has 2 nitrogen and oxygen atoms in total. The molecule has 0 spiro atoms. The van der Waals surface area contributed by atoms with Gasteiger partial charge in [0.15, 0.2) is 0 Å². The van der Waals surface area contributed by atoms with Crippen LogP contribution < -0.4 is 5.32 Å². The van der Waals surface area contributed by atoms with E-state index < -0.39 is 0 Å². The SMILES string of the molecule is CCCNC(CC)C(C)N(C)CC1CCCCC1. The maximum absolute atomic E-state index is 3.70. The smallest absolute Gasteiger partial charge is 0.0218 e. The summed E-state index contributed by atoms with van der Waals surface area (Å²) < 4.78 is 0. The first-order chi connectivity index (χ1) is 8.69. The van der Waals surface area contributed by atoms with E-state index in [1.807, 2.05) is 0 Å². The van der Waals surface area contributed by atoms with E-state index in [1.165, 1.54) is 51.5 Å². The molecule has 1 aliphatic carbocycles. The number of nitrogens with one attached hydrogen (secondary N) is 1. The monoisotopic (exact) mass is 254 g/mol. The van der Waals surface area contributed by atoms with Crippen LogP contribution in [0.15, 0.2) is 0 Å². The maximum Gasteiger partial charge on any atom is 0.0218 e. The molecule has 0 aromatic rings. The highest BCUT2D eigenvalue weighted by Gasteiger charge is 2.22. The number of hydrogen-bond donors (Lipinski definition) is 1. The summed E-state index contributed by atoms with van der Waals surface area (Å²) in [6.07, 6.45) is 9.75. The summed E-state index contributed by atoms with van der Waals surface area (Å²) in [5.41, 5.74) is 0. The quantitative estimate of drug-likeness (QED) is 0.711. The van der Waals surface area contributed by atoms with E-state index >= 15 is 0 Å². The van der Waals surface area contributed by atoms with E-state index in [0.29, 0.717) is 12.1 Å². The molecule has 0 saturated heterocycles. The summed E-state index contributed by atoms with van der Waals surface area (Å²) in [5.74, 6) is 0.954. The molecule has 2 unspecified atom stereocenters. The van der Waals surface area contributed by atoms with Gasteiger partial charge in [0.1, 0.15) is 0 Å². The van der Waals surface area contributed by atoms with Crippen LogP contribution in [0.1, 0.15) is 65.7 Å². The Bertz CT molecular complexity index is 199. The fourth-order valence-corrected chi connectivity index (χ4v) is 3.24. The summed E-state index contributed by atoms with van der Waals surface area (Å²) in [6, 6.07) is 1.31. The molecule has 0 aliphatic heterocycles. The lowest BCUT2D eigenvalue weighted by molar-refractivity contribution is 0.159. The Morgan fingerprint density at radius 1 is 1.17 bits per heavy atom. The predicted molar refractivity (Wildman–Crippen MR) is 81.0 cm³/mol. The summed E-state index contributed by atoms with van der Waals surface area (Å²) in [7, 11) is 2.32. The van der Waals surface area contributed by atoms with Crippen LogP contribution in [0.4, 0.5) is 0 Å². The molecule has 2 heteroatoms. The van der Waals surface area contributed by atoms with Crippen LogP contribution in [0, 0.1) is 5.92 Å². The van der Waals surface area contributed by atoms with Gasteiger partial charge in [-0.05, 0) is 52.1 Å². The third kappa shape index (κ3) is 5.27. The molecule has 0 heterocycles. The van der Waals surface area contributed by atoms with Crippen molar-refractivity contribution in [2.24, 2.45) is 5.92 Å². The molecule has 1 saturated carbocycles. The van der Waals surface area contributed by atoms with E-state index in [2.05, 4.69) is 38.0 Å². The van der Waals surface area contributed by atoms with Crippen LogP contribution >= 0.6 is 0 Å². The van der Waals surface area contributed by atoms with Gasteiger partial charge >= 0.3 is 0 Å². The molecule has 0 aromatic heterocycles. The second kappa shape index (κ2) is 8.92. The minimum absolute atomic E-state index is 0.651. The molecular weight excluding hydrogens is 220 g/mol.